The first kappa shape index (κ1) is 16.5. The molecule has 0 aromatic heterocycles. The van der Waals surface area contributed by atoms with Gasteiger partial charge in [0.05, 0.1) is 6.42 Å². The Bertz CT molecular complexity index is 570. The normalized spacial score (nSPS) is 11.6. The fourth-order valence-electron chi connectivity index (χ4n) is 1.91. The van der Waals surface area contributed by atoms with Crippen molar-refractivity contribution in [2.24, 2.45) is 0 Å². The molecule has 21 heavy (non-hydrogen) atoms. The number of aryl methyl sites for hydroxylation is 2. The van der Waals surface area contributed by atoms with E-state index in [1.165, 1.54) is 11.9 Å². The van der Waals surface area contributed by atoms with Gasteiger partial charge in [0, 0.05) is 12.7 Å². The molecule has 0 aliphatic carbocycles. The number of nitrogens with zero attached hydrogens (tertiary/aromatic N) is 1. The Morgan fingerprint density at radius 2 is 1.86 bits per heavy atom. The number of aliphatic carboxylic acids is 2. The Morgan fingerprint density at radius 1 is 1.24 bits per heavy atom. The molecule has 0 saturated carbocycles. The number of amides is 2. The topological polar surface area (TPSA) is 107 Å². The predicted molar refractivity (Wildman–Crippen MR) is 76.5 cm³/mol. The second-order valence-electron chi connectivity index (χ2n) is 4.79. The molecule has 0 radical (unpaired) electrons. The van der Waals surface area contributed by atoms with Gasteiger partial charge in [-0.25, -0.2) is 9.59 Å². The average Bonchev–Trinajstić information content (AvgIpc) is 2.36. The summed E-state index contributed by atoms with van der Waals surface area (Å²) in [4.78, 5) is 34.8. The van der Waals surface area contributed by atoms with Crippen molar-refractivity contribution in [3.8, 4) is 0 Å². The largest absolute Gasteiger partial charge is 0.481 e. The molecule has 0 aliphatic heterocycles. The molecule has 1 rings (SSSR count). The first-order chi connectivity index (χ1) is 9.72. The van der Waals surface area contributed by atoms with Crippen LogP contribution < -0.4 is 10.2 Å². The lowest BCUT2D eigenvalue weighted by molar-refractivity contribution is -0.145. The van der Waals surface area contributed by atoms with E-state index >= 15 is 0 Å². The number of carbonyl (C=O) groups excluding carboxylic acids is 1. The zero-order valence-corrected chi connectivity index (χ0v) is 12.1. The molecule has 0 unspecified atom stereocenters. The van der Waals surface area contributed by atoms with Crippen molar-refractivity contribution in [3.63, 3.8) is 0 Å². The van der Waals surface area contributed by atoms with Crippen LogP contribution in [0.25, 0.3) is 0 Å². The Morgan fingerprint density at radius 3 is 2.33 bits per heavy atom. The number of carboxylic acids is 2. The molecule has 2 amide bonds. The highest BCUT2D eigenvalue weighted by atomic mass is 16.4. The minimum absolute atomic E-state index is 0.623. The van der Waals surface area contributed by atoms with E-state index in [0.717, 1.165) is 11.1 Å². The van der Waals surface area contributed by atoms with E-state index in [0.29, 0.717) is 5.69 Å². The summed E-state index contributed by atoms with van der Waals surface area (Å²) >= 11 is 0. The molecule has 0 bridgehead atoms. The zero-order valence-electron chi connectivity index (χ0n) is 12.1. The van der Waals surface area contributed by atoms with E-state index in [-0.39, 0.29) is 0 Å². The van der Waals surface area contributed by atoms with Gasteiger partial charge in [0.25, 0.3) is 0 Å². The smallest absolute Gasteiger partial charge is 0.326 e. The molecule has 0 aliphatic rings. The van der Waals surface area contributed by atoms with Crippen LogP contribution in [0.3, 0.4) is 0 Å². The number of carbonyl (C=O) groups is 3. The number of carboxylic acid groups (broad SMARTS) is 2. The Balaban J connectivity index is 2.86. The molecule has 1 atom stereocenters. The van der Waals surface area contributed by atoms with Gasteiger partial charge < -0.3 is 15.5 Å². The highest BCUT2D eigenvalue weighted by Crippen LogP contribution is 2.20. The van der Waals surface area contributed by atoms with Crippen LogP contribution >= 0.6 is 0 Å². The van der Waals surface area contributed by atoms with Gasteiger partial charge in [-0.2, -0.15) is 0 Å². The maximum absolute atomic E-state index is 12.0. The van der Waals surface area contributed by atoms with Gasteiger partial charge in [-0.3, -0.25) is 9.69 Å². The first-order valence-corrected chi connectivity index (χ1v) is 6.28. The molecule has 0 heterocycles. The molecule has 7 heteroatoms. The number of rotatable bonds is 5. The van der Waals surface area contributed by atoms with Gasteiger partial charge in [0.15, 0.2) is 0 Å². The van der Waals surface area contributed by atoms with E-state index < -0.39 is 30.4 Å². The van der Waals surface area contributed by atoms with E-state index in [1.54, 1.807) is 6.07 Å². The maximum atomic E-state index is 12.0. The number of benzene rings is 1. The van der Waals surface area contributed by atoms with Crippen LogP contribution in [0.1, 0.15) is 17.5 Å². The summed E-state index contributed by atoms with van der Waals surface area (Å²) in [5.74, 6) is -2.68. The fraction of sp³-hybridized carbons (Fsp3) is 0.357. The zero-order chi connectivity index (χ0) is 16.2. The summed E-state index contributed by atoms with van der Waals surface area (Å²) in [6.45, 7) is 3.75. The van der Waals surface area contributed by atoms with Gasteiger partial charge in [0.1, 0.15) is 6.04 Å². The van der Waals surface area contributed by atoms with Gasteiger partial charge in [0.2, 0.25) is 0 Å². The molecule has 7 nitrogen and oxygen atoms in total. The highest BCUT2D eigenvalue weighted by molar-refractivity contribution is 5.95. The molecule has 0 fully saturated rings. The molecule has 0 spiro atoms. The Kier molecular flexibility index (Phi) is 5.29. The van der Waals surface area contributed by atoms with E-state index in [1.807, 2.05) is 26.0 Å². The van der Waals surface area contributed by atoms with Crippen LogP contribution in [0.15, 0.2) is 18.2 Å². The highest BCUT2D eigenvalue weighted by Gasteiger charge is 2.25. The molecular formula is C14H18N2O5. The van der Waals surface area contributed by atoms with Gasteiger partial charge in [-0.1, -0.05) is 17.7 Å². The van der Waals surface area contributed by atoms with Crippen LogP contribution in [-0.4, -0.2) is 41.3 Å². The second-order valence-corrected chi connectivity index (χ2v) is 4.79. The van der Waals surface area contributed by atoms with Crippen molar-refractivity contribution < 1.29 is 24.6 Å². The summed E-state index contributed by atoms with van der Waals surface area (Å²) in [5, 5.41) is 19.8. The number of nitrogens with one attached hydrogen (secondary N) is 1. The van der Waals surface area contributed by atoms with Crippen LogP contribution in [-0.2, 0) is 9.59 Å². The van der Waals surface area contributed by atoms with Crippen LogP contribution in [0.4, 0.5) is 10.5 Å². The Hall–Kier alpha value is -2.57. The van der Waals surface area contributed by atoms with Gasteiger partial charge in [-0.15, -0.1) is 0 Å². The van der Waals surface area contributed by atoms with E-state index in [4.69, 9.17) is 10.2 Å². The van der Waals surface area contributed by atoms with Gasteiger partial charge in [-0.05, 0) is 25.5 Å². The average molecular weight is 294 g/mol. The summed E-state index contributed by atoms with van der Waals surface area (Å²) in [6, 6.07) is 3.33. The number of hydrogen-bond acceptors (Lipinski definition) is 3. The number of urea groups is 1. The van der Waals surface area contributed by atoms with Crippen molar-refractivity contribution in [3.05, 3.63) is 29.3 Å². The van der Waals surface area contributed by atoms with Crippen molar-refractivity contribution in [1.29, 1.82) is 0 Å². The molecule has 114 valence electrons. The third kappa shape index (κ3) is 4.48. The second kappa shape index (κ2) is 6.74. The standard InChI is InChI=1S/C14H18N2O5/c1-8-4-5-11(9(2)6-8)16(3)14(21)15-10(13(19)20)7-12(17)18/h4-6,10H,7H2,1-3H3,(H,15,21)(H,17,18)(H,19,20)/t10-/m0/s1. The van der Waals surface area contributed by atoms with Crippen LogP contribution in [0, 0.1) is 13.8 Å². The number of hydrogen-bond donors (Lipinski definition) is 3. The molecule has 1 aromatic rings. The van der Waals surface area contributed by atoms with Crippen molar-refractivity contribution >= 4 is 23.7 Å². The predicted octanol–water partition coefficient (Wildman–Crippen LogP) is 1.38. The maximum Gasteiger partial charge on any atom is 0.326 e. The SMILES string of the molecule is Cc1ccc(N(C)C(=O)N[C@@H](CC(=O)O)C(=O)O)c(C)c1. The van der Waals surface area contributed by atoms with Crippen LogP contribution in [0.2, 0.25) is 0 Å². The van der Waals surface area contributed by atoms with Crippen molar-refractivity contribution in [2.45, 2.75) is 26.3 Å². The lowest BCUT2D eigenvalue weighted by atomic mass is 10.1. The van der Waals surface area contributed by atoms with Gasteiger partial charge >= 0.3 is 18.0 Å². The minimum atomic E-state index is -1.47. The van der Waals surface area contributed by atoms with Crippen molar-refractivity contribution in [1.82, 2.24) is 5.32 Å². The quantitative estimate of drug-likeness (QED) is 0.760. The van der Waals surface area contributed by atoms with E-state index in [9.17, 15) is 14.4 Å². The lowest BCUT2D eigenvalue weighted by Gasteiger charge is -2.22. The summed E-state index contributed by atoms with van der Waals surface area (Å²) in [5.41, 5.74) is 2.52. The summed E-state index contributed by atoms with van der Waals surface area (Å²) in [6.07, 6.45) is -0.679. The molecule has 1 aromatic carbocycles. The molecule has 3 N–H and O–H groups in total. The minimum Gasteiger partial charge on any atom is -0.481 e. The third-order valence-corrected chi connectivity index (χ3v) is 2.99. The summed E-state index contributed by atoms with van der Waals surface area (Å²) in [7, 11) is 1.49. The van der Waals surface area contributed by atoms with Crippen molar-refractivity contribution in [2.75, 3.05) is 11.9 Å². The molecular weight excluding hydrogens is 276 g/mol. The third-order valence-electron chi connectivity index (χ3n) is 2.99. The van der Waals surface area contributed by atoms with E-state index in [2.05, 4.69) is 5.32 Å². The number of anilines is 1. The first-order valence-electron chi connectivity index (χ1n) is 6.28. The Labute approximate surface area is 122 Å². The lowest BCUT2D eigenvalue weighted by Crippen LogP contribution is -2.47. The van der Waals surface area contributed by atoms with Crippen LogP contribution in [0.5, 0.6) is 0 Å². The monoisotopic (exact) mass is 294 g/mol. The molecule has 0 saturated heterocycles. The summed E-state index contributed by atoms with van der Waals surface area (Å²) < 4.78 is 0. The fourth-order valence-corrected chi connectivity index (χ4v) is 1.91.